The molecule has 0 heterocycles. The number of carbonyl (C=O) groups is 1. The van der Waals surface area contributed by atoms with Crippen LogP contribution in [0.1, 0.15) is 29.7 Å². The Kier molecular flexibility index (Phi) is 6.97. The number of sulfonamides is 1. The lowest BCUT2D eigenvalue weighted by molar-refractivity contribution is -0.114. The van der Waals surface area contributed by atoms with Gasteiger partial charge >= 0.3 is 0 Å². The van der Waals surface area contributed by atoms with E-state index >= 15 is 0 Å². The Bertz CT molecular complexity index is 1150. The summed E-state index contributed by atoms with van der Waals surface area (Å²) in [6.07, 6.45) is 1.87. The summed E-state index contributed by atoms with van der Waals surface area (Å²) in [4.78, 5) is 12.4. The number of aryl methyl sites for hydroxylation is 1. The Morgan fingerprint density at radius 3 is 2.27 bits per heavy atom. The van der Waals surface area contributed by atoms with E-state index in [1.54, 1.807) is 12.1 Å². The molecular weight excluding hydrogens is 416 g/mol. The maximum absolute atomic E-state index is 13.3. The topological polar surface area (TPSA) is 75.3 Å². The summed E-state index contributed by atoms with van der Waals surface area (Å²) in [6, 6.07) is 21.4. The number of amides is 1. The molecule has 0 fully saturated rings. The first kappa shape index (κ1) is 22.1. The van der Waals surface area contributed by atoms with Gasteiger partial charge in [0, 0.05) is 11.8 Å². The lowest BCUT2D eigenvalue weighted by Crippen LogP contribution is -2.30. The standard InChI is InChI=1S/C23H24N2O3S2/c1-16-9-7-8-12-20(16)23(18-10-5-4-6-11-18)25-30(27,28)19-13-14-22(29-3)21(15-19)24-17(2)26/h4-15,23,25H,1-3H3,(H,24,26). The summed E-state index contributed by atoms with van der Waals surface area (Å²) in [5.74, 6) is -0.255. The Morgan fingerprint density at radius 2 is 1.63 bits per heavy atom. The molecule has 7 heteroatoms. The molecule has 0 aliphatic heterocycles. The lowest BCUT2D eigenvalue weighted by atomic mass is 9.96. The first-order valence-electron chi connectivity index (χ1n) is 9.40. The van der Waals surface area contributed by atoms with Crippen molar-refractivity contribution in [3.63, 3.8) is 0 Å². The molecule has 0 aromatic heterocycles. The summed E-state index contributed by atoms with van der Waals surface area (Å²) < 4.78 is 29.5. The van der Waals surface area contributed by atoms with Gasteiger partial charge in [-0.15, -0.1) is 11.8 Å². The fraction of sp³-hybridized carbons (Fsp3) is 0.174. The van der Waals surface area contributed by atoms with Crippen LogP contribution in [-0.4, -0.2) is 20.6 Å². The number of rotatable bonds is 7. The third-order valence-electron chi connectivity index (χ3n) is 4.70. The van der Waals surface area contributed by atoms with Crippen molar-refractivity contribution < 1.29 is 13.2 Å². The SMILES string of the molecule is CSc1ccc(S(=O)(=O)NC(c2ccccc2)c2ccccc2C)cc1NC(C)=O. The zero-order valence-electron chi connectivity index (χ0n) is 17.0. The van der Waals surface area contributed by atoms with Gasteiger partial charge in [-0.2, -0.15) is 4.72 Å². The summed E-state index contributed by atoms with van der Waals surface area (Å²) in [5.41, 5.74) is 3.20. The molecule has 1 amide bonds. The van der Waals surface area contributed by atoms with Crippen molar-refractivity contribution >= 4 is 33.4 Å². The van der Waals surface area contributed by atoms with Crippen LogP contribution in [0.5, 0.6) is 0 Å². The number of carbonyl (C=O) groups excluding carboxylic acids is 1. The van der Waals surface area contributed by atoms with Crippen molar-refractivity contribution in [3.05, 3.63) is 89.5 Å². The molecule has 5 nitrogen and oxygen atoms in total. The van der Waals surface area contributed by atoms with E-state index in [0.717, 1.165) is 21.6 Å². The van der Waals surface area contributed by atoms with Gasteiger partial charge in [-0.1, -0.05) is 54.6 Å². The van der Waals surface area contributed by atoms with Gasteiger partial charge in [-0.05, 0) is 48.1 Å². The molecule has 30 heavy (non-hydrogen) atoms. The van der Waals surface area contributed by atoms with Crippen molar-refractivity contribution in [2.45, 2.75) is 29.7 Å². The van der Waals surface area contributed by atoms with Gasteiger partial charge in [0.1, 0.15) is 0 Å². The van der Waals surface area contributed by atoms with Gasteiger partial charge in [0.15, 0.2) is 0 Å². The van der Waals surface area contributed by atoms with Crippen molar-refractivity contribution in [3.8, 4) is 0 Å². The fourth-order valence-electron chi connectivity index (χ4n) is 3.23. The van der Waals surface area contributed by atoms with E-state index in [9.17, 15) is 13.2 Å². The Labute approximate surface area is 182 Å². The highest BCUT2D eigenvalue weighted by atomic mass is 32.2. The molecule has 0 spiro atoms. The normalized spacial score (nSPS) is 12.4. The molecule has 1 atom stereocenters. The molecule has 3 rings (SSSR count). The van der Waals surface area contributed by atoms with Crippen LogP contribution in [0, 0.1) is 6.92 Å². The van der Waals surface area contributed by atoms with Crippen molar-refractivity contribution in [2.24, 2.45) is 0 Å². The molecule has 0 saturated carbocycles. The quantitative estimate of drug-likeness (QED) is 0.520. The van der Waals surface area contributed by atoms with E-state index < -0.39 is 16.1 Å². The highest BCUT2D eigenvalue weighted by Gasteiger charge is 2.24. The van der Waals surface area contributed by atoms with Crippen molar-refractivity contribution in [1.29, 1.82) is 0 Å². The summed E-state index contributed by atoms with van der Waals surface area (Å²) in [6.45, 7) is 3.36. The maximum atomic E-state index is 13.3. The van der Waals surface area contributed by atoms with Crippen LogP contribution in [0.4, 0.5) is 5.69 Å². The first-order valence-corrected chi connectivity index (χ1v) is 12.1. The minimum absolute atomic E-state index is 0.0959. The van der Waals surface area contributed by atoms with Gasteiger partial charge < -0.3 is 5.32 Å². The second-order valence-electron chi connectivity index (χ2n) is 6.86. The number of nitrogens with one attached hydrogen (secondary N) is 2. The fourth-order valence-corrected chi connectivity index (χ4v) is 5.00. The van der Waals surface area contributed by atoms with Crippen molar-refractivity contribution in [1.82, 2.24) is 4.72 Å². The summed E-state index contributed by atoms with van der Waals surface area (Å²) in [7, 11) is -3.87. The van der Waals surface area contributed by atoms with Crippen LogP contribution >= 0.6 is 11.8 Å². The van der Waals surface area contributed by atoms with Crippen LogP contribution < -0.4 is 10.0 Å². The zero-order valence-corrected chi connectivity index (χ0v) is 18.7. The highest BCUT2D eigenvalue weighted by molar-refractivity contribution is 7.98. The smallest absolute Gasteiger partial charge is 0.241 e. The van der Waals surface area contributed by atoms with Crippen LogP contribution in [0.15, 0.2) is 82.6 Å². The van der Waals surface area contributed by atoms with E-state index in [0.29, 0.717) is 5.69 Å². The number of benzene rings is 3. The number of hydrogen-bond acceptors (Lipinski definition) is 4. The summed E-state index contributed by atoms with van der Waals surface area (Å²) >= 11 is 1.44. The third kappa shape index (κ3) is 5.11. The number of hydrogen-bond donors (Lipinski definition) is 2. The van der Waals surface area contributed by atoms with Gasteiger partial charge in [-0.3, -0.25) is 4.79 Å². The summed E-state index contributed by atoms with van der Waals surface area (Å²) in [5, 5.41) is 2.71. The molecule has 0 aliphatic rings. The molecule has 3 aromatic carbocycles. The minimum atomic E-state index is -3.87. The third-order valence-corrected chi connectivity index (χ3v) is 6.91. The van der Waals surface area contributed by atoms with E-state index in [-0.39, 0.29) is 10.8 Å². The lowest BCUT2D eigenvalue weighted by Gasteiger charge is -2.22. The molecule has 2 N–H and O–H groups in total. The molecule has 3 aromatic rings. The molecule has 1 unspecified atom stereocenters. The molecule has 0 aliphatic carbocycles. The number of anilines is 1. The molecule has 0 bridgehead atoms. The molecule has 156 valence electrons. The van der Waals surface area contributed by atoms with Gasteiger partial charge in [0.05, 0.1) is 16.6 Å². The van der Waals surface area contributed by atoms with E-state index in [2.05, 4.69) is 10.0 Å². The van der Waals surface area contributed by atoms with Crippen molar-refractivity contribution in [2.75, 3.05) is 11.6 Å². The second kappa shape index (κ2) is 9.47. The van der Waals surface area contributed by atoms with E-state index in [1.165, 1.54) is 24.8 Å². The van der Waals surface area contributed by atoms with Gasteiger partial charge in [0.25, 0.3) is 0 Å². The van der Waals surface area contributed by atoms with Crippen LogP contribution in [-0.2, 0) is 14.8 Å². The van der Waals surface area contributed by atoms with Crippen LogP contribution in [0.25, 0.3) is 0 Å². The van der Waals surface area contributed by atoms with Gasteiger partial charge in [-0.25, -0.2) is 8.42 Å². The predicted molar refractivity (Wildman–Crippen MR) is 122 cm³/mol. The van der Waals surface area contributed by atoms with Crippen LogP contribution in [0.3, 0.4) is 0 Å². The largest absolute Gasteiger partial charge is 0.325 e. The first-order chi connectivity index (χ1) is 14.3. The number of thioether (sulfide) groups is 1. The predicted octanol–water partition coefficient (Wildman–Crippen LogP) is 4.74. The molecule has 0 radical (unpaired) electrons. The minimum Gasteiger partial charge on any atom is -0.325 e. The van der Waals surface area contributed by atoms with E-state index in [1.807, 2.05) is 67.8 Å². The van der Waals surface area contributed by atoms with E-state index in [4.69, 9.17) is 0 Å². The van der Waals surface area contributed by atoms with Crippen LogP contribution in [0.2, 0.25) is 0 Å². The zero-order chi connectivity index (χ0) is 21.7. The molecule has 0 saturated heterocycles. The maximum Gasteiger partial charge on any atom is 0.241 e. The molecular formula is C23H24N2O3S2. The monoisotopic (exact) mass is 440 g/mol. The Morgan fingerprint density at radius 1 is 0.967 bits per heavy atom. The second-order valence-corrected chi connectivity index (χ2v) is 9.43. The highest BCUT2D eigenvalue weighted by Crippen LogP contribution is 2.31. The average molecular weight is 441 g/mol. The van der Waals surface area contributed by atoms with Gasteiger partial charge in [0.2, 0.25) is 15.9 Å². The average Bonchev–Trinajstić information content (AvgIpc) is 2.73. The Balaban J connectivity index is 2.04. The Hall–Kier alpha value is -2.61.